The lowest BCUT2D eigenvalue weighted by molar-refractivity contribution is -0.115. The first kappa shape index (κ1) is 17.1. The van der Waals surface area contributed by atoms with E-state index in [1.165, 1.54) is 12.8 Å². The quantitative estimate of drug-likeness (QED) is 0.613. The summed E-state index contributed by atoms with van der Waals surface area (Å²) in [6, 6.07) is 15.0. The number of aromatic nitrogens is 2. The lowest BCUT2D eigenvalue weighted by Crippen LogP contribution is -2.14. The number of hydrogen-bond donors (Lipinski definition) is 2. The molecular weight excluding hydrogens is 369 g/mol. The van der Waals surface area contributed by atoms with Gasteiger partial charge in [0.1, 0.15) is 0 Å². The van der Waals surface area contributed by atoms with E-state index in [-0.39, 0.29) is 12.3 Å². The number of halogens is 2. The van der Waals surface area contributed by atoms with E-state index in [2.05, 4.69) is 15.5 Å². The van der Waals surface area contributed by atoms with Crippen LogP contribution in [0.1, 0.15) is 30.0 Å². The van der Waals surface area contributed by atoms with Crippen molar-refractivity contribution in [1.29, 1.82) is 0 Å². The third kappa shape index (κ3) is 3.92. The highest BCUT2D eigenvalue weighted by molar-refractivity contribution is 6.35. The minimum Gasteiger partial charge on any atom is -0.309 e. The predicted octanol–water partition coefficient (Wildman–Crippen LogP) is 5.44. The predicted molar refractivity (Wildman–Crippen MR) is 105 cm³/mol. The molecule has 4 rings (SSSR count). The lowest BCUT2D eigenvalue weighted by atomic mass is 10.0. The molecule has 1 aromatic heterocycles. The molecule has 1 saturated carbocycles. The minimum absolute atomic E-state index is 0.0904. The highest BCUT2D eigenvalue weighted by Crippen LogP contribution is 2.39. The number of benzene rings is 2. The summed E-state index contributed by atoms with van der Waals surface area (Å²) >= 11 is 12.3. The summed E-state index contributed by atoms with van der Waals surface area (Å²) in [5.41, 5.74) is 3.85. The van der Waals surface area contributed by atoms with Gasteiger partial charge in [0.05, 0.1) is 6.42 Å². The van der Waals surface area contributed by atoms with Crippen molar-refractivity contribution < 1.29 is 4.79 Å². The molecule has 0 saturated heterocycles. The molecule has 2 N–H and O–H groups in total. The van der Waals surface area contributed by atoms with E-state index in [0.29, 0.717) is 21.8 Å². The lowest BCUT2D eigenvalue weighted by Gasteiger charge is -2.07. The molecule has 0 bridgehead atoms. The van der Waals surface area contributed by atoms with Gasteiger partial charge in [0.25, 0.3) is 0 Å². The summed E-state index contributed by atoms with van der Waals surface area (Å²) in [6.45, 7) is 0. The van der Waals surface area contributed by atoms with Crippen LogP contribution in [0.15, 0.2) is 48.5 Å². The van der Waals surface area contributed by atoms with E-state index in [0.717, 1.165) is 22.4 Å². The fraction of sp³-hybridized carbons (Fsp3) is 0.200. The number of amides is 1. The van der Waals surface area contributed by atoms with E-state index in [1.807, 2.05) is 36.4 Å². The molecule has 0 unspecified atom stereocenters. The Labute approximate surface area is 161 Å². The van der Waals surface area contributed by atoms with Gasteiger partial charge in [-0.3, -0.25) is 9.89 Å². The van der Waals surface area contributed by atoms with Crippen LogP contribution in [0.25, 0.3) is 11.1 Å². The third-order valence-corrected chi connectivity index (χ3v) is 5.01. The first-order chi connectivity index (χ1) is 12.6. The Kier molecular flexibility index (Phi) is 4.70. The fourth-order valence-corrected chi connectivity index (χ4v) is 3.30. The number of nitrogens with one attached hydrogen (secondary N) is 2. The zero-order valence-electron chi connectivity index (χ0n) is 13.9. The Balaban J connectivity index is 1.41. The third-order valence-electron chi connectivity index (χ3n) is 4.44. The molecule has 1 amide bonds. The average molecular weight is 386 g/mol. The van der Waals surface area contributed by atoms with E-state index < -0.39 is 0 Å². The van der Waals surface area contributed by atoms with Crippen LogP contribution < -0.4 is 5.32 Å². The molecule has 2 aromatic carbocycles. The second-order valence-corrected chi connectivity index (χ2v) is 7.37. The summed E-state index contributed by atoms with van der Waals surface area (Å²) in [4.78, 5) is 12.2. The second kappa shape index (κ2) is 7.14. The molecule has 6 heteroatoms. The largest absolute Gasteiger partial charge is 0.309 e. The topological polar surface area (TPSA) is 57.8 Å². The van der Waals surface area contributed by atoms with Crippen LogP contribution in [0.5, 0.6) is 0 Å². The van der Waals surface area contributed by atoms with Crippen LogP contribution in [-0.4, -0.2) is 16.1 Å². The van der Waals surface area contributed by atoms with Crippen molar-refractivity contribution in [2.75, 3.05) is 5.32 Å². The van der Waals surface area contributed by atoms with Crippen molar-refractivity contribution >= 4 is 34.9 Å². The van der Waals surface area contributed by atoms with Crippen molar-refractivity contribution in [3.8, 4) is 11.1 Å². The summed E-state index contributed by atoms with van der Waals surface area (Å²) in [5, 5.41) is 11.2. The number of carbonyl (C=O) groups excluding carboxylic acids is 1. The van der Waals surface area contributed by atoms with Crippen molar-refractivity contribution in [2.45, 2.75) is 25.2 Å². The van der Waals surface area contributed by atoms with Gasteiger partial charge in [-0.15, -0.1) is 0 Å². The first-order valence-corrected chi connectivity index (χ1v) is 9.23. The highest BCUT2D eigenvalue weighted by atomic mass is 35.5. The maximum absolute atomic E-state index is 12.2. The second-order valence-electron chi connectivity index (χ2n) is 6.53. The van der Waals surface area contributed by atoms with Gasteiger partial charge in [0.15, 0.2) is 5.82 Å². The van der Waals surface area contributed by atoms with E-state index in [1.54, 1.807) is 12.1 Å². The molecule has 4 nitrogen and oxygen atoms in total. The normalized spacial score (nSPS) is 13.6. The van der Waals surface area contributed by atoms with Crippen LogP contribution in [0.4, 0.5) is 5.82 Å². The SMILES string of the molecule is O=C(Cc1ccc(-c2cc(Cl)ccc2Cl)cc1)Nc1cc(C2CC2)[nH]n1. The van der Waals surface area contributed by atoms with Gasteiger partial charge in [0, 0.05) is 33.3 Å². The molecule has 0 spiro atoms. The monoisotopic (exact) mass is 385 g/mol. The van der Waals surface area contributed by atoms with Gasteiger partial charge in [0.2, 0.25) is 5.91 Å². The van der Waals surface area contributed by atoms with Crippen molar-refractivity contribution in [3.05, 3.63) is 69.8 Å². The van der Waals surface area contributed by atoms with Crippen LogP contribution in [-0.2, 0) is 11.2 Å². The molecule has 3 aromatic rings. The maximum Gasteiger partial charge on any atom is 0.229 e. The summed E-state index contributed by atoms with van der Waals surface area (Å²) in [7, 11) is 0. The number of aromatic amines is 1. The van der Waals surface area contributed by atoms with Crippen LogP contribution >= 0.6 is 23.2 Å². The molecule has 132 valence electrons. The van der Waals surface area contributed by atoms with Gasteiger partial charge in [-0.1, -0.05) is 47.5 Å². The summed E-state index contributed by atoms with van der Waals surface area (Å²) < 4.78 is 0. The number of nitrogens with zero attached hydrogens (tertiary/aromatic N) is 1. The van der Waals surface area contributed by atoms with Gasteiger partial charge >= 0.3 is 0 Å². The Morgan fingerprint density at radius 2 is 1.88 bits per heavy atom. The molecule has 26 heavy (non-hydrogen) atoms. The van der Waals surface area contributed by atoms with E-state index in [4.69, 9.17) is 23.2 Å². The molecule has 1 fully saturated rings. The van der Waals surface area contributed by atoms with Crippen molar-refractivity contribution in [2.24, 2.45) is 0 Å². The smallest absolute Gasteiger partial charge is 0.229 e. The van der Waals surface area contributed by atoms with Crippen LogP contribution in [0.3, 0.4) is 0 Å². The molecule has 0 radical (unpaired) electrons. The number of H-pyrrole nitrogens is 1. The van der Waals surface area contributed by atoms with Gasteiger partial charge in [-0.2, -0.15) is 5.10 Å². The van der Waals surface area contributed by atoms with Gasteiger partial charge < -0.3 is 5.32 Å². The Morgan fingerprint density at radius 3 is 2.62 bits per heavy atom. The standard InChI is InChI=1S/C20H17Cl2N3O/c21-15-7-8-17(22)16(10-15)13-3-1-12(2-4-13)9-20(26)23-19-11-18(24-25-19)14-5-6-14/h1-4,7-8,10-11,14H,5-6,9H2,(H2,23,24,25,26). The van der Waals surface area contributed by atoms with Crippen molar-refractivity contribution in [3.63, 3.8) is 0 Å². The Morgan fingerprint density at radius 1 is 1.12 bits per heavy atom. The molecule has 1 aliphatic rings. The average Bonchev–Trinajstić information content (AvgIpc) is 3.38. The zero-order chi connectivity index (χ0) is 18.1. The molecule has 0 aliphatic heterocycles. The highest BCUT2D eigenvalue weighted by Gasteiger charge is 2.25. The number of anilines is 1. The van der Waals surface area contributed by atoms with Gasteiger partial charge in [-0.25, -0.2) is 0 Å². The van der Waals surface area contributed by atoms with Crippen LogP contribution in [0.2, 0.25) is 10.0 Å². The van der Waals surface area contributed by atoms with E-state index in [9.17, 15) is 4.79 Å². The minimum atomic E-state index is -0.0904. The molecular formula is C20H17Cl2N3O. The summed E-state index contributed by atoms with van der Waals surface area (Å²) in [6.07, 6.45) is 2.67. The number of carbonyl (C=O) groups is 1. The maximum atomic E-state index is 12.2. The summed E-state index contributed by atoms with van der Waals surface area (Å²) in [5.74, 6) is 1.07. The fourth-order valence-electron chi connectivity index (χ4n) is 2.90. The molecule has 0 atom stereocenters. The van der Waals surface area contributed by atoms with Gasteiger partial charge in [-0.05, 0) is 42.2 Å². The Hall–Kier alpha value is -2.30. The number of hydrogen-bond acceptors (Lipinski definition) is 2. The zero-order valence-corrected chi connectivity index (χ0v) is 15.4. The molecule has 1 heterocycles. The Bertz CT molecular complexity index is 946. The van der Waals surface area contributed by atoms with E-state index >= 15 is 0 Å². The molecule has 1 aliphatic carbocycles. The first-order valence-electron chi connectivity index (χ1n) is 8.48. The van der Waals surface area contributed by atoms with Crippen LogP contribution in [0, 0.1) is 0 Å². The number of rotatable bonds is 5. The van der Waals surface area contributed by atoms with Crippen molar-refractivity contribution in [1.82, 2.24) is 10.2 Å².